The number of ether oxygens (including phenoxy) is 1. The Morgan fingerprint density at radius 3 is 1.86 bits per heavy atom. The molecule has 1 rings (SSSR count). The minimum Gasteiger partial charge on any atom is -0.423 e. The third kappa shape index (κ3) is 1.94. The first-order valence-corrected chi connectivity index (χ1v) is 3.54. The highest BCUT2D eigenvalue weighted by molar-refractivity contribution is 5.21. The molecule has 0 unspecified atom stereocenters. The van der Waals surface area contributed by atoms with E-state index in [0.717, 1.165) is 0 Å². The Kier molecular flexibility index (Phi) is 2.95. The Morgan fingerprint density at radius 2 is 1.43 bits per heavy atom. The molecule has 1 aromatic carbocycles. The zero-order valence-electron chi connectivity index (χ0n) is 6.86. The van der Waals surface area contributed by atoms with Crippen LogP contribution in [-0.2, 0) is 0 Å². The highest BCUT2D eigenvalue weighted by Crippen LogP contribution is 2.21. The van der Waals surface area contributed by atoms with Crippen LogP contribution >= 0.6 is 0 Å². The summed E-state index contributed by atoms with van der Waals surface area (Å²) < 4.78 is 4.61. The number of nitroso groups, excluding NO2 is 3. The molecule has 7 heteroatoms. The van der Waals surface area contributed by atoms with Gasteiger partial charge in [-0.2, -0.15) is 0 Å². The number of rotatable bonds is 5. The largest absolute Gasteiger partial charge is 0.512 e. The number of hydrogen-bond acceptors (Lipinski definition) is 7. The molecule has 0 fully saturated rings. The monoisotopic (exact) mass is 195 g/mol. The molecule has 0 heterocycles. The summed E-state index contributed by atoms with van der Waals surface area (Å²) in [4.78, 5) is 30.4. The van der Waals surface area contributed by atoms with Crippen LogP contribution in [0.5, 0.6) is 5.75 Å². The molecular weight excluding hydrogens is 190 g/mol. The van der Waals surface area contributed by atoms with Gasteiger partial charge in [-0.25, -0.2) is 0 Å². The van der Waals surface area contributed by atoms with Gasteiger partial charge in [0, 0.05) is 15.5 Å². The lowest BCUT2D eigenvalue weighted by atomic mass is 10.3. The van der Waals surface area contributed by atoms with Crippen molar-refractivity contribution in [3.05, 3.63) is 45.1 Å². The number of nitrogens with zero attached hydrogens (tertiary/aromatic N) is 3. The van der Waals surface area contributed by atoms with Gasteiger partial charge in [-0.3, -0.25) is 0 Å². The van der Waals surface area contributed by atoms with Gasteiger partial charge in [-0.05, 0) is 12.1 Å². The van der Waals surface area contributed by atoms with Crippen LogP contribution in [0.3, 0.4) is 0 Å². The molecule has 0 atom stereocenters. The van der Waals surface area contributed by atoms with Crippen LogP contribution in [0.4, 0.5) is 0 Å². The van der Waals surface area contributed by atoms with Crippen molar-refractivity contribution in [1.29, 1.82) is 0 Å². The molecule has 0 aromatic heterocycles. The fourth-order valence-electron chi connectivity index (χ4n) is 0.753. The standard InChI is InChI=1S/C7H5N3O4/c11-8-7(9-12,10-13)14-6-4-2-1-3-5-6/h1-5H. The fraction of sp³-hybridized carbons (Fsp3) is 0.143. The lowest BCUT2D eigenvalue weighted by Crippen LogP contribution is -2.27. The van der Waals surface area contributed by atoms with E-state index >= 15 is 0 Å². The second-order valence-electron chi connectivity index (χ2n) is 2.26. The van der Waals surface area contributed by atoms with Crippen molar-refractivity contribution >= 4 is 0 Å². The van der Waals surface area contributed by atoms with Gasteiger partial charge in [0.25, 0.3) is 0 Å². The molecular formula is C7H5N3O4. The molecule has 0 saturated heterocycles. The zero-order valence-corrected chi connectivity index (χ0v) is 6.86. The normalized spacial score (nSPS) is 10.3. The van der Waals surface area contributed by atoms with E-state index in [1.807, 2.05) is 0 Å². The fourth-order valence-corrected chi connectivity index (χ4v) is 0.753. The van der Waals surface area contributed by atoms with Crippen molar-refractivity contribution in [1.82, 2.24) is 0 Å². The maximum Gasteiger partial charge on any atom is 0.512 e. The Hall–Kier alpha value is -2.18. The smallest absolute Gasteiger partial charge is 0.423 e. The minimum atomic E-state index is -2.76. The summed E-state index contributed by atoms with van der Waals surface area (Å²) in [6.07, 6.45) is 0. The molecule has 0 spiro atoms. The second kappa shape index (κ2) is 4.17. The van der Waals surface area contributed by atoms with E-state index in [-0.39, 0.29) is 5.75 Å². The minimum absolute atomic E-state index is 0.103. The van der Waals surface area contributed by atoms with Crippen molar-refractivity contribution in [3.63, 3.8) is 0 Å². The first-order chi connectivity index (χ1) is 6.76. The summed E-state index contributed by atoms with van der Waals surface area (Å²) in [7, 11) is 0. The van der Waals surface area contributed by atoms with Gasteiger partial charge in [0.1, 0.15) is 5.75 Å². The van der Waals surface area contributed by atoms with Crippen LogP contribution < -0.4 is 4.74 Å². The summed E-state index contributed by atoms with van der Waals surface area (Å²) in [6.45, 7) is 0. The van der Waals surface area contributed by atoms with Crippen molar-refractivity contribution in [2.75, 3.05) is 0 Å². The van der Waals surface area contributed by atoms with Crippen LogP contribution in [0, 0.1) is 14.7 Å². The second-order valence-corrected chi connectivity index (χ2v) is 2.26. The number of hydrogen-bond donors (Lipinski definition) is 0. The summed E-state index contributed by atoms with van der Waals surface area (Å²) in [5.41, 5.74) is 0. The maximum atomic E-state index is 10.1. The maximum absolute atomic E-state index is 10.1. The Balaban J connectivity index is 2.90. The van der Waals surface area contributed by atoms with E-state index < -0.39 is 5.97 Å². The van der Waals surface area contributed by atoms with Gasteiger partial charge < -0.3 is 4.74 Å². The first kappa shape index (κ1) is 9.90. The highest BCUT2D eigenvalue weighted by atomic mass is 16.6. The summed E-state index contributed by atoms with van der Waals surface area (Å²) in [5.74, 6) is -2.66. The summed E-state index contributed by atoms with van der Waals surface area (Å²) >= 11 is 0. The molecule has 7 nitrogen and oxygen atoms in total. The van der Waals surface area contributed by atoms with Crippen molar-refractivity contribution in [2.45, 2.75) is 5.97 Å². The molecule has 0 saturated carbocycles. The topological polar surface area (TPSA) is 97.5 Å². The van der Waals surface area contributed by atoms with Gasteiger partial charge in [-0.15, -0.1) is 14.7 Å². The zero-order chi connectivity index (χ0) is 10.4. The van der Waals surface area contributed by atoms with Gasteiger partial charge in [-0.1, -0.05) is 18.2 Å². The molecule has 0 amide bonds. The number of para-hydroxylation sites is 1. The van der Waals surface area contributed by atoms with Crippen LogP contribution in [0.1, 0.15) is 0 Å². The van der Waals surface area contributed by atoms with E-state index in [9.17, 15) is 14.7 Å². The average molecular weight is 195 g/mol. The quantitative estimate of drug-likeness (QED) is 0.670. The lowest BCUT2D eigenvalue weighted by molar-refractivity contribution is 0.0925. The molecule has 0 aliphatic heterocycles. The third-order valence-corrected chi connectivity index (χ3v) is 1.35. The molecule has 0 bridgehead atoms. The predicted molar refractivity (Wildman–Crippen MR) is 47.2 cm³/mol. The van der Waals surface area contributed by atoms with Crippen LogP contribution in [0.15, 0.2) is 45.9 Å². The SMILES string of the molecule is O=NC(N=O)(N=O)Oc1ccccc1. The van der Waals surface area contributed by atoms with E-state index in [2.05, 4.69) is 20.3 Å². The predicted octanol–water partition coefficient (Wildman–Crippen LogP) is 1.98. The van der Waals surface area contributed by atoms with Gasteiger partial charge in [0.2, 0.25) is 0 Å². The Bertz CT molecular complexity index is 318. The van der Waals surface area contributed by atoms with E-state index in [1.54, 1.807) is 18.2 Å². The first-order valence-electron chi connectivity index (χ1n) is 3.54. The Morgan fingerprint density at radius 1 is 0.929 bits per heavy atom. The van der Waals surface area contributed by atoms with Gasteiger partial charge >= 0.3 is 5.97 Å². The van der Waals surface area contributed by atoms with Gasteiger partial charge in [0.15, 0.2) is 0 Å². The van der Waals surface area contributed by atoms with Crippen molar-refractivity contribution < 1.29 is 4.74 Å². The highest BCUT2D eigenvalue weighted by Gasteiger charge is 2.38. The average Bonchev–Trinajstić information content (AvgIpc) is 2.28. The number of benzene rings is 1. The lowest BCUT2D eigenvalue weighted by Gasteiger charge is -2.10. The van der Waals surface area contributed by atoms with Crippen LogP contribution in [-0.4, -0.2) is 5.97 Å². The molecule has 0 aliphatic carbocycles. The van der Waals surface area contributed by atoms with Crippen LogP contribution in [0.25, 0.3) is 0 Å². The van der Waals surface area contributed by atoms with Crippen LogP contribution in [0.2, 0.25) is 0 Å². The summed E-state index contributed by atoms with van der Waals surface area (Å²) in [5, 5.41) is 6.36. The van der Waals surface area contributed by atoms with E-state index in [0.29, 0.717) is 0 Å². The van der Waals surface area contributed by atoms with Crippen molar-refractivity contribution in [2.24, 2.45) is 15.5 Å². The molecule has 0 N–H and O–H groups in total. The molecule has 1 aromatic rings. The Labute approximate surface area is 78.0 Å². The molecule has 0 aliphatic rings. The summed E-state index contributed by atoms with van der Waals surface area (Å²) in [6, 6.07) is 7.71. The third-order valence-electron chi connectivity index (χ3n) is 1.35. The van der Waals surface area contributed by atoms with Gasteiger partial charge in [0.05, 0.1) is 0 Å². The molecule has 72 valence electrons. The van der Waals surface area contributed by atoms with E-state index in [1.165, 1.54) is 12.1 Å². The van der Waals surface area contributed by atoms with E-state index in [4.69, 9.17) is 0 Å². The molecule has 0 radical (unpaired) electrons. The molecule has 14 heavy (non-hydrogen) atoms. The van der Waals surface area contributed by atoms with Crippen molar-refractivity contribution in [3.8, 4) is 5.75 Å².